The van der Waals surface area contributed by atoms with Crippen molar-refractivity contribution in [3.63, 3.8) is 0 Å². The second-order valence-corrected chi connectivity index (χ2v) is 6.79. The molecule has 140 valence electrons. The van der Waals surface area contributed by atoms with Crippen LogP contribution in [0.1, 0.15) is 22.7 Å². The van der Waals surface area contributed by atoms with Crippen molar-refractivity contribution in [2.24, 2.45) is 0 Å². The third kappa shape index (κ3) is 3.82. The Hall–Kier alpha value is -2.44. The summed E-state index contributed by atoms with van der Waals surface area (Å²) in [5.41, 5.74) is 1.06. The van der Waals surface area contributed by atoms with Gasteiger partial charge in [0.15, 0.2) is 0 Å². The van der Waals surface area contributed by atoms with Crippen molar-refractivity contribution >= 4 is 10.8 Å². The molecule has 0 bridgehead atoms. The van der Waals surface area contributed by atoms with Crippen LogP contribution in [0.5, 0.6) is 0 Å². The van der Waals surface area contributed by atoms with Crippen molar-refractivity contribution in [3.05, 3.63) is 77.6 Å². The zero-order valence-electron chi connectivity index (χ0n) is 14.7. The van der Waals surface area contributed by atoms with E-state index in [1.807, 2.05) is 18.2 Å². The number of alkyl halides is 3. The van der Waals surface area contributed by atoms with Gasteiger partial charge in [0.2, 0.25) is 0 Å². The Kier molecular flexibility index (Phi) is 4.85. The summed E-state index contributed by atoms with van der Waals surface area (Å²) in [4.78, 5) is 6.37. The molecule has 0 saturated carbocycles. The third-order valence-corrected chi connectivity index (χ3v) is 5.03. The molecule has 6 heteroatoms. The highest BCUT2D eigenvalue weighted by Gasteiger charge is 2.32. The Balaban J connectivity index is 1.81. The predicted octanol–water partition coefficient (Wildman–Crippen LogP) is 4.25. The van der Waals surface area contributed by atoms with E-state index in [1.165, 1.54) is 12.1 Å². The van der Waals surface area contributed by atoms with Gasteiger partial charge in [-0.15, -0.1) is 0 Å². The molecule has 0 spiro atoms. The van der Waals surface area contributed by atoms with Gasteiger partial charge in [-0.1, -0.05) is 24.3 Å². The minimum atomic E-state index is -4.35. The number of halogens is 3. The fourth-order valence-electron chi connectivity index (χ4n) is 3.71. The number of pyridine rings is 1. The van der Waals surface area contributed by atoms with Crippen molar-refractivity contribution in [2.75, 3.05) is 26.2 Å². The van der Waals surface area contributed by atoms with Gasteiger partial charge >= 0.3 is 6.18 Å². The molecule has 0 aliphatic carbocycles. The normalized spacial score (nSPS) is 17.1. The average molecular weight is 371 g/mol. The van der Waals surface area contributed by atoms with E-state index in [0.717, 1.165) is 48.6 Å². The standard InChI is InChI=1S/C21H20F3N3/c22-21(23,24)19-3-1-2-16(13-19)20(27-10-8-25-9-11-27)17-4-5-18-14-26-7-6-15(18)12-17/h1-7,12-14,20,25H,8-11H2. The molecule has 0 radical (unpaired) electrons. The van der Waals surface area contributed by atoms with Crippen LogP contribution in [0.2, 0.25) is 0 Å². The summed E-state index contributed by atoms with van der Waals surface area (Å²) in [5.74, 6) is 0. The molecule has 27 heavy (non-hydrogen) atoms. The minimum absolute atomic E-state index is 0.216. The largest absolute Gasteiger partial charge is 0.416 e. The Morgan fingerprint density at radius 3 is 2.48 bits per heavy atom. The van der Waals surface area contributed by atoms with Crippen LogP contribution in [0.3, 0.4) is 0 Å². The van der Waals surface area contributed by atoms with Gasteiger partial charge in [0.1, 0.15) is 0 Å². The predicted molar refractivity (Wildman–Crippen MR) is 99.5 cm³/mol. The van der Waals surface area contributed by atoms with Gasteiger partial charge < -0.3 is 5.32 Å². The SMILES string of the molecule is FC(F)(F)c1cccc(C(c2ccc3cnccc3c2)N2CCNCC2)c1. The van der Waals surface area contributed by atoms with E-state index in [-0.39, 0.29) is 6.04 Å². The van der Waals surface area contributed by atoms with Crippen LogP contribution in [0.25, 0.3) is 10.8 Å². The van der Waals surface area contributed by atoms with Gasteiger partial charge in [-0.3, -0.25) is 9.88 Å². The highest BCUT2D eigenvalue weighted by molar-refractivity contribution is 5.82. The van der Waals surface area contributed by atoms with Crippen LogP contribution in [-0.2, 0) is 6.18 Å². The first-order valence-electron chi connectivity index (χ1n) is 8.98. The molecule has 0 amide bonds. The van der Waals surface area contributed by atoms with Gasteiger partial charge in [0.05, 0.1) is 11.6 Å². The Bertz CT molecular complexity index is 933. The maximum atomic E-state index is 13.3. The quantitative estimate of drug-likeness (QED) is 0.746. The molecule has 1 aliphatic heterocycles. The lowest BCUT2D eigenvalue weighted by molar-refractivity contribution is -0.137. The van der Waals surface area contributed by atoms with Crippen LogP contribution >= 0.6 is 0 Å². The van der Waals surface area contributed by atoms with Gasteiger partial charge in [-0.05, 0) is 40.8 Å². The van der Waals surface area contributed by atoms with E-state index < -0.39 is 11.7 Å². The van der Waals surface area contributed by atoms with Gasteiger partial charge in [-0.2, -0.15) is 13.2 Å². The Morgan fingerprint density at radius 1 is 0.926 bits per heavy atom. The first-order chi connectivity index (χ1) is 13.0. The number of nitrogens with zero attached hydrogens (tertiary/aromatic N) is 2. The number of rotatable bonds is 3. The first-order valence-corrected chi connectivity index (χ1v) is 8.98. The van der Waals surface area contributed by atoms with E-state index in [2.05, 4.69) is 21.3 Å². The number of fused-ring (bicyclic) bond motifs is 1. The number of benzene rings is 2. The Morgan fingerprint density at radius 2 is 1.70 bits per heavy atom. The summed E-state index contributed by atoms with van der Waals surface area (Å²) in [7, 11) is 0. The molecule has 1 aliphatic rings. The van der Waals surface area contributed by atoms with Crippen molar-refractivity contribution in [1.29, 1.82) is 0 Å². The first kappa shape index (κ1) is 17.9. The van der Waals surface area contributed by atoms with E-state index >= 15 is 0 Å². The summed E-state index contributed by atoms with van der Waals surface area (Å²) in [6, 6.07) is 13.5. The van der Waals surface area contributed by atoms with Gasteiger partial charge in [0, 0.05) is 44.0 Å². The van der Waals surface area contributed by atoms with Crippen molar-refractivity contribution in [1.82, 2.24) is 15.2 Å². The molecule has 1 aromatic heterocycles. The smallest absolute Gasteiger partial charge is 0.314 e. The maximum absolute atomic E-state index is 13.3. The summed E-state index contributed by atoms with van der Waals surface area (Å²) >= 11 is 0. The lowest BCUT2D eigenvalue weighted by Crippen LogP contribution is -2.45. The fraction of sp³-hybridized carbons (Fsp3) is 0.286. The van der Waals surface area contributed by atoms with E-state index in [0.29, 0.717) is 5.56 Å². The maximum Gasteiger partial charge on any atom is 0.416 e. The lowest BCUT2D eigenvalue weighted by Gasteiger charge is -2.36. The molecule has 4 rings (SSSR count). The monoisotopic (exact) mass is 371 g/mol. The summed E-state index contributed by atoms with van der Waals surface area (Å²) in [6.45, 7) is 3.23. The van der Waals surface area contributed by atoms with E-state index in [9.17, 15) is 13.2 Å². The number of aromatic nitrogens is 1. The molecule has 1 saturated heterocycles. The van der Waals surface area contributed by atoms with Crippen molar-refractivity contribution < 1.29 is 13.2 Å². The summed E-state index contributed by atoms with van der Waals surface area (Å²) in [6.07, 6.45) is -0.821. The molecular weight excluding hydrogens is 351 g/mol. The van der Waals surface area contributed by atoms with Gasteiger partial charge in [0.25, 0.3) is 0 Å². The minimum Gasteiger partial charge on any atom is -0.314 e. The highest BCUT2D eigenvalue weighted by atomic mass is 19.4. The molecule has 1 N–H and O–H groups in total. The molecule has 3 nitrogen and oxygen atoms in total. The average Bonchev–Trinajstić information content (AvgIpc) is 2.69. The topological polar surface area (TPSA) is 28.2 Å². The zero-order chi connectivity index (χ0) is 18.9. The Labute approximate surface area is 155 Å². The number of nitrogens with one attached hydrogen (secondary N) is 1. The molecule has 3 aromatic rings. The van der Waals surface area contributed by atoms with Crippen LogP contribution in [0, 0.1) is 0 Å². The van der Waals surface area contributed by atoms with Crippen LogP contribution in [0.15, 0.2) is 60.9 Å². The third-order valence-electron chi connectivity index (χ3n) is 5.03. The van der Waals surface area contributed by atoms with Crippen molar-refractivity contribution in [2.45, 2.75) is 12.2 Å². The van der Waals surface area contributed by atoms with Crippen LogP contribution in [-0.4, -0.2) is 36.1 Å². The summed E-state index contributed by atoms with van der Waals surface area (Å²) in [5, 5.41) is 5.36. The molecule has 2 heterocycles. The van der Waals surface area contributed by atoms with Crippen LogP contribution < -0.4 is 5.32 Å². The van der Waals surface area contributed by atoms with Crippen LogP contribution in [0.4, 0.5) is 13.2 Å². The second kappa shape index (κ2) is 7.29. The fourth-order valence-corrected chi connectivity index (χ4v) is 3.71. The lowest BCUT2D eigenvalue weighted by atomic mass is 9.93. The number of piperazine rings is 1. The van der Waals surface area contributed by atoms with E-state index in [4.69, 9.17) is 0 Å². The molecule has 1 unspecified atom stereocenters. The molecule has 1 atom stereocenters. The molecular formula is C21H20F3N3. The van der Waals surface area contributed by atoms with Crippen molar-refractivity contribution in [3.8, 4) is 0 Å². The highest BCUT2D eigenvalue weighted by Crippen LogP contribution is 2.35. The summed E-state index contributed by atoms with van der Waals surface area (Å²) < 4.78 is 39.8. The van der Waals surface area contributed by atoms with E-state index in [1.54, 1.807) is 18.5 Å². The molecule has 2 aromatic carbocycles. The van der Waals surface area contributed by atoms with Gasteiger partial charge in [-0.25, -0.2) is 0 Å². The zero-order valence-corrected chi connectivity index (χ0v) is 14.7. The number of hydrogen-bond acceptors (Lipinski definition) is 3. The number of hydrogen-bond donors (Lipinski definition) is 1. The molecule has 1 fully saturated rings. The second-order valence-electron chi connectivity index (χ2n) is 6.79.